The number of ketones is 1. The van der Waals surface area contributed by atoms with Crippen LogP contribution in [0.15, 0.2) is 12.7 Å². The standard InChI is InChI=1S/C10H16O.C5H10.2CH3.Fe/c1-2-10(11)8-7-9-5-3-4-6-9;1-2-4-5-3-1;;;/h2,9H,1,3-8H2;1-5H2;2*1H3;/q;;2*-1;+2. The molecule has 2 rings (SSSR count). The maximum Gasteiger partial charge on any atom is 2.00 e. The molecule has 2 heteroatoms. The van der Waals surface area contributed by atoms with Gasteiger partial charge in [-0.2, -0.15) is 0 Å². The minimum absolute atomic E-state index is 0. The van der Waals surface area contributed by atoms with Gasteiger partial charge >= 0.3 is 17.1 Å². The zero-order valence-corrected chi connectivity index (χ0v) is 14.0. The monoisotopic (exact) mass is 308 g/mol. The molecule has 2 fully saturated rings. The van der Waals surface area contributed by atoms with Gasteiger partial charge in [0.25, 0.3) is 0 Å². The number of hydrogen-bond acceptors (Lipinski definition) is 1. The molecule has 2 saturated carbocycles. The number of allylic oxidation sites excluding steroid dienone is 1. The zero-order chi connectivity index (χ0) is 11.6. The van der Waals surface area contributed by atoms with E-state index < -0.39 is 0 Å². The first-order valence-electron chi connectivity index (χ1n) is 6.98. The second-order valence-electron chi connectivity index (χ2n) is 5.13. The molecule has 114 valence electrons. The molecule has 0 aromatic rings. The third kappa shape index (κ3) is 12.7. The van der Waals surface area contributed by atoms with E-state index in [1.54, 1.807) is 0 Å². The molecule has 0 radical (unpaired) electrons. The van der Waals surface area contributed by atoms with Gasteiger partial charge in [-0.05, 0) is 18.4 Å². The van der Waals surface area contributed by atoms with Crippen molar-refractivity contribution >= 4 is 5.78 Å². The summed E-state index contributed by atoms with van der Waals surface area (Å²) in [5.41, 5.74) is 0. The first-order valence-corrected chi connectivity index (χ1v) is 6.98. The fourth-order valence-corrected chi connectivity index (χ4v) is 2.63. The van der Waals surface area contributed by atoms with E-state index in [-0.39, 0.29) is 37.7 Å². The van der Waals surface area contributed by atoms with Crippen LogP contribution in [0.25, 0.3) is 0 Å². The van der Waals surface area contributed by atoms with Crippen molar-refractivity contribution in [1.82, 2.24) is 0 Å². The molecule has 0 atom stereocenters. The summed E-state index contributed by atoms with van der Waals surface area (Å²) in [6.45, 7) is 3.46. The van der Waals surface area contributed by atoms with E-state index in [9.17, 15) is 4.79 Å². The molecule has 1 nitrogen and oxygen atoms in total. The van der Waals surface area contributed by atoms with E-state index in [2.05, 4.69) is 6.58 Å². The van der Waals surface area contributed by atoms with Crippen LogP contribution in [0.4, 0.5) is 0 Å². The average Bonchev–Trinajstić information content (AvgIpc) is 3.00. The first-order chi connectivity index (χ1) is 7.83. The quantitative estimate of drug-likeness (QED) is 0.377. The minimum atomic E-state index is 0. The zero-order valence-electron chi connectivity index (χ0n) is 12.9. The van der Waals surface area contributed by atoms with E-state index in [4.69, 9.17) is 0 Å². The topological polar surface area (TPSA) is 17.1 Å². The predicted octanol–water partition coefficient (Wildman–Crippen LogP) is 5.56. The van der Waals surface area contributed by atoms with Crippen molar-refractivity contribution < 1.29 is 21.9 Å². The molecule has 0 unspecified atom stereocenters. The third-order valence-corrected chi connectivity index (χ3v) is 3.75. The van der Waals surface area contributed by atoms with Crippen LogP contribution in [-0.4, -0.2) is 5.78 Å². The largest absolute Gasteiger partial charge is 2.00 e. The molecule has 2 aliphatic carbocycles. The smallest absolute Gasteiger partial charge is 0.358 e. The Labute approximate surface area is 132 Å². The second kappa shape index (κ2) is 16.0. The molecule has 0 bridgehead atoms. The van der Waals surface area contributed by atoms with Crippen LogP contribution < -0.4 is 0 Å². The van der Waals surface area contributed by atoms with Crippen molar-refractivity contribution in [2.45, 2.75) is 70.6 Å². The summed E-state index contributed by atoms with van der Waals surface area (Å²) in [6.07, 6.45) is 16.2. The molecule has 0 aromatic heterocycles. The normalized spacial score (nSPS) is 17.1. The molecule has 0 saturated heterocycles. The molecule has 0 aliphatic heterocycles. The molecule has 0 amide bonds. The summed E-state index contributed by atoms with van der Waals surface area (Å²) in [7, 11) is 0. The Bertz CT molecular complexity index is 196. The van der Waals surface area contributed by atoms with Crippen molar-refractivity contribution in [3.8, 4) is 0 Å². The minimum Gasteiger partial charge on any atom is -0.358 e. The van der Waals surface area contributed by atoms with Gasteiger partial charge in [0.1, 0.15) is 0 Å². The van der Waals surface area contributed by atoms with Gasteiger partial charge in [-0.15, -0.1) is 0 Å². The summed E-state index contributed by atoms with van der Waals surface area (Å²) >= 11 is 0. The van der Waals surface area contributed by atoms with E-state index >= 15 is 0 Å². The molecule has 2 aliphatic rings. The summed E-state index contributed by atoms with van der Waals surface area (Å²) < 4.78 is 0. The van der Waals surface area contributed by atoms with Crippen molar-refractivity contribution in [2.75, 3.05) is 0 Å². The van der Waals surface area contributed by atoms with Gasteiger partial charge in [-0.25, -0.2) is 0 Å². The SMILES string of the molecule is C1CCCC1.C=CC(=O)CCC1CCCC1.[CH3-].[CH3-].[Fe+2]. The first kappa shape index (κ1) is 24.0. The van der Waals surface area contributed by atoms with E-state index in [0.717, 1.165) is 12.3 Å². The maximum atomic E-state index is 10.9. The summed E-state index contributed by atoms with van der Waals surface area (Å²) in [6, 6.07) is 0. The Kier molecular flexibility index (Phi) is 20.2. The third-order valence-electron chi connectivity index (χ3n) is 3.75. The van der Waals surface area contributed by atoms with Crippen LogP contribution in [0.2, 0.25) is 0 Å². The van der Waals surface area contributed by atoms with Gasteiger partial charge in [0.15, 0.2) is 5.78 Å². The Hall–Kier alpha value is -0.0705. The fourth-order valence-electron chi connectivity index (χ4n) is 2.63. The van der Waals surface area contributed by atoms with Gasteiger partial charge < -0.3 is 14.9 Å². The van der Waals surface area contributed by atoms with E-state index in [1.807, 2.05) is 0 Å². The molecule has 0 aromatic carbocycles. The van der Waals surface area contributed by atoms with Crippen LogP contribution in [0.1, 0.15) is 70.6 Å². The van der Waals surface area contributed by atoms with Gasteiger partial charge in [0.2, 0.25) is 0 Å². The van der Waals surface area contributed by atoms with Crippen molar-refractivity contribution in [3.05, 3.63) is 27.5 Å². The Balaban J connectivity index is -0.000000277. The molecule has 0 N–H and O–H groups in total. The maximum absolute atomic E-state index is 10.9. The average molecular weight is 308 g/mol. The van der Waals surface area contributed by atoms with E-state index in [1.165, 1.54) is 63.9 Å². The predicted molar refractivity (Wildman–Crippen MR) is 82.3 cm³/mol. The van der Waals surface area contributed by atoms with Gasteiger partial charge in [-0.3, -0.25) is 4.79 Å². The van der Waals surface area contributed by atoms with Crippen LogP contribution in [0.5, 0.6) is 0 Å². The molecule has 0 heterocycles. The number of carbonyl (C=O) groups excluding carboxylic acids is 1. The van der Waals surface area contributed by atoms with Crippen LogP contribution in [0, 0.1) is 20.8 Å². The van der Waals surface area contributed by atoms with E-state index in [0.29, 0.717) is 6.42 Å². The second-order valence-corrected chi connectivity index (χ2v) is 5.13. The Morgan fingerprint density at radius 2 is 1.37 bits per heavy atom. The molecular weight excluding hydrogens is 276 g/mol. The van der Waals surface area contributed by atoms with Crippen molar-refractivity contribution in [2.24, 2.45) is 5.92 Å². The molecule has 0 spiro atoms. The van der Waals surface area contributed by atoms with Gasteiger partial charge in [0.05, 0.1) is 0 Å². The van der Waals surface area contributed by atoms with Crippen LogP contribution in [0.3, 0.4) is 0 Å². The van der Waals surface area contributed by atoms with Gasteiger partial charge in [0, 0.05) is 6.42 Å². The fraction of sp³-hybridized carbons (Fsp3) is 0.706. The van der Waals surface area contributed by atoms with Crippen molar-refractivity contribution in [3.63, 3.8) is 0 Å². The summed E-state index contributed by atoms with van der Waals surface area (Å²) in [5, 5.41) is 0. The Morgan fingerprint density at radius 3 is 1.74 bits per heavy atom. The number of carbonyl (C=O) groups is 1. The number of hydrogen-bond donors (Lipinski definition) is 0. The van der Waals surface area contributed by atoms with Crippen molar-refractivity contribution in [1.29, 1.82) is 0 Å². The number of rotatable bonds is 4. The Morgan fingerprint density at radius 1 is 0.947 bits per heavy atom. The molecular formula is C17H32FeO. The summed E-state index contributed by atoms with van der Waals surface area (Å²) in [4.78, 5) is 10.9. The van der Waals surface area contributed by atoms with Gasteiger partial charge in [-0.1, -0.05) is 64.4 Å². The molecule has 19 heavy (non-hydrogen) atoms. The van der Waals surface area contributed by atoms with Crippen LogP contribution in [-0.2, 0) is 21.9 Å². The summed E-state index contributed by atoms with van der Waals surface area (Å²) in [5.74, 6) is 1.04. The van der Waals surface area contributed by atoms with Crippen LogP contribution >= 0.6 is 0 Å².